The van der Waals surface area contributed by atoms with E-state index in [1.165, 1.54) is 6.92 Å². The van der Waals surface area contributed by atoms with E-state index in [0.29, 0.717) is 16.6 Å². The minimum Gasteiger partial charge on any atom is -0.389 e. The number of halogens is 1. The van der Waals surface area contributed by atoms with Crippen molar-refractivity contribution < 1.29 is 15.0 Å². The van der Waals surface area contributed by atoms with Crippen molar-refractivity contribution in [3.63, 3.8) is 0 Å². The second kappa shape index (κ2) is 5.98. The molecule has 4 nitrogen and oxygen atoms in total. The molecule has 0 saturated heterocycles. The van der Waals surface area contributed by atoms with Crippen LogP contribution in [0.1, 0.15) is 18.6 Å². The van der Waals surface area contributed by atoms with Gasteiger partial charge in [0.05, 0.1) is 6.10 Å². The van der Waals surface area contributed by atoms with Gasteiger partial charge in [0.2, 0.25) is 5.91 Å². The minimum atomic E-state index is -0.925. The van der Waals surface area contributed by atoms with Gasteiger partial charge in [-0.05, 0) is 17.7 Å². The van der Waals surface area contributed by atoms with Crippen LogP contribution in [0.3, 0.4) is 0 Å². The van der Waals surface area contributed by atoms with Crippen molar-refractivity contribution in [2.24, 2.45) is 0 Å². The van der Waals surface area contributed by atoms with E-state index >= 15 is 0 Å². The molecule has 0 aliphatic carbocycles. The van der Waals surface area contributed by atoms with E-state index in [2.05, 4.69) is 21.2 Å². The lowest BCUT2D eigenvalue weighted by Crippen LogP contribution is -2.19. The summed E-state index contributed by atoms with van der Waals surface area (Å²) in [5, 5.41) is 22.1. The summed E-state index contributed by atoms with van der Waals surface area (Å²) in [6.45, 7) is 1.43. The number of alkyl halides is 1. The molecule has 3 N–H and O–H groups in total. The lowest BCUT2D eigenvalue weighted by Gasteiger charge is -2.16. The molecule has 0 radical (unpaired) electrons. The number of aliphatic hydroxyl groups is 2. The summed E-state index contributed by atoms with van der Waals surface area (Å²) >= 11 is 3.09. The van der Waals surface area contributed by atoms with Gasteiger partial charge in [-0.25, -0.2) is 0 Å². The lowest BCUT2D eigenvalue weighted by molar-refractivity contribution is -0.114. The van der Waals surface area contributed by atoms with Crippen LogP contribution in [0.15, 0.2) is 24.3 Å². The van der Waals surface area contributed by atoms with E-state index in [1.807, 2.05) is 0 Å². The van der Waals surface area contributed by atoms with Crippen LogP contribution in [0.4, 0.5) is 5.69 Å². The van der Waals surface area contributed by atoms with Crippen molar-refractivity contribution in [2.45, 2.75) is 19.1 Å². The van der Waals surface area contributed by atoms with E-state index in [4.69, 9.17) is 0 Å². The summed E-state index contributed by atoms with van der Waals surface area (Å²) in [5.74, 6) is -0.145. The number of amides is 1. The van der Waals surface area contributed by atoms with Crippen LogP contribution in [-0.2, 0) is 4.79 Å². The topological polar surface area (TPSA) is 69.6 Å². The molecular formula is C11H14BrNO3. The molecule has 5 heteroatoms. The lowest BCUT2D eigenvalue weighted by atomic mass is 10.1. The number of nitrogens with one attached hydrogen (secondary N) is 1. The number of aliphatic hydroxyl groups excluding tert-OH is 2. The van der Waals surface area contributed by atoms with E-state index < -0.39 is 12.2 Å². The highest BCUT2D eigenvalue weighted by Gasteiger charge is 2.16. The van der Waals surface area contributed by atoms with Crippen LogP contribution in [0.5, 0.6) is 0 Å². The molecule has 0 aliphatic rings. The van der Waals surface area contributed by atoms with Crippen LogP contribution in [0.2, 0.25) is 0 Å². The third-order valence-electron chi connectivity index (χ3n) is 2.10. The summed E-state index contributed by atoms with van der Waals surface area (Å²) < 4.78 is 0. The minimum absolute atomic E-state index is 0.145. The maximum Gasteiger partial charge on any atom is 0.221 e. The van der Waals surface area contributed by atoms with Crippen molar-refractivity contribution in [3.05, 3.63) is 29.8 Å². The molecule has 1 amide bonds. The molecule has 1 aromatic rings. The third kappa shape index (κ3) is 3.59. The SMILES string of the molecule is CC(=O)Nc1ccc(C(O)C(O)CBr)cc1. The van der Waals surface area contributed by atoms with Crippen molar-refractivity contribution in [1.82, 2.24) is 0 Å². The average Bonchev–Trinajstić information content (AvgIpc) is 2.27. The summed E-state index contributed by atoms with van der Waals surface area (Å²) in [6, 6.07) is 6.70. The number of rotatable bonds is 4. The molecular weight excluding hydrogens is 274 g/mol. The first-order valence-corrected chi connectivity index (χ1v) is 5.96. The van der Waals surface area contributed by atoms with Gasteiger partial charge in [0, 0.05) is 17.9 Å². The number of anilines is 1. The number of hydrogen-bond donors (Lipinski definition) is 3. The maximum absolute atomic E-state index is 10.8. The zero-order valence-corrected chi connectivity index (χ0v) is 10.4. The average molecular weight is 288 g/mol. The summed E-state index contributed by atoms with van der Waals surface area (Å²) in [4.78, 5) is 10.8. The van der Waals surface area contributed by atoms with E-state index in [9.17, 15) is 15.0 Å². The first-order chi connectivity index (χ1) is 7.54. The van der Waals surface area contributed by atoms with Gasteiger partial charge in [0.25, 0.3) is 0 Å². The van der Waals surface area contributed by atoms with Crippen molar-refractivity contribution >= 4 is 27.5 Å². The van der Waals surface area contributed by atoms with Gasteiger partial charge in [-0.15, -0.1) is 0 Å². The first kappa shape index (κ1) is 13.2. The molecule has 0 aromatic heterocycles. The quantitative estimate of drug-likeness (QED) is 0.734. The Hall–Kier alpha value is -0.910. The Morgan fingerprint density at radius 3 is 2.38 bits per heavy atom. The zero-order chi connectivity index (χ0) is 12.1. The van der Waals surface area contributed by atoms with Crippen molar-refractivity contribution in [1.29, 1.82) is 0 Å². The Kier molecular flexibility index (Phi) is 4.92. The summed E-state index contributed by atoms with van der Waals surface area (Å²) in [5.41, 5.74) is 1.28. The van der Waals surface area contributed by atoms with Crippen LogP contribution >= 0.6 is 15.9 Å². The van der Waals surface area contributed by atoms with Crippen LogP contribution in [0, 0.1) is 0 Å². The fraction of sp³-hybridized carbons (Fsp3) is 0.364. The molecule has 16 heavy (non-hydrogen) atoms. The Labute approximate surface area is 102 Å². The standard InChI is InChI=1S/C11H14BrNO3/c1-7(14)13-9-4-2-8(3-5-9)11(16)10(15)6-12/h2-5,10-11,15-16H,6H2,1H3,(H,13,14). The normalized spacial score (nSPS) is 14.2. The van der Waals surface area contributed by atoms with E-state index in [0.717, 1.165) is 0 Å². The number of carbonyl (C=O) groups is 1. The second-order valence-corrected chi connectivity index (χ2v) is 4.12. The van der Waals surface area contributed by atoms with Crippen molar-refractivity contribution in [3.8, 4) is 0 Å². The molecule has 88 valence electrons. The molecule has 0 spiro atoms. The smallest absolute Gasteiger partial charge is 0.221 e. The van der Waals surface area contributed by atoms with Crippen LogP contribution < -0.4 is 5.32 Å². The summed E-state index contributed by atoms with van der Waals surface area (Å²) in [7, 11) is 0. The molecule has 0 aliphatic heterocycles. The van der Waals surface area contributed by atoms with Crippen LogP contribution in [-0.4, -0.2) is 27.6 Å². The highest BCUT2D eigenvalue weighted by atomic mass is 79.9. The number of hydrogen-bond acceptors (Lipinski definition) is 3. The Bertz CT molecular complexity index is 353. The fourth-order valence-electron chi connectivity index (χ4n) is 1.27. The molecule has 1 aromatic carbocycles. The maximum atomic E-state index is 10.8. The fourth-order valence-corrected chi connectivity index (χ4v) is 1.63. The molecule has 0 fully saturated rings. The van der Waals surface area contributed by atoms with Gasteiger partial charge >= 0.3 is 0 Å². The van der Waals surface area contributed by atoms with Crippen molar-refractivity contribution in [2.75, 3.05) is 10.6 Å². The third-order valence-corrected chi connectivity index (χ3v) is 2.76. The predicted molar refractivity (Wildman–Crippen MR) is 65.5 cm³/mol. The monoisotopic (exact) mass is 287 g/mol. The molecule has 2 atom stereocenters. The van der Waals surface area contributed by atoms with Gasteiger partial charge in [-0.1, -0.05) is 28.1 Å². The Morgan fingerprint density at radius 2 is 1.94 bits per heavy atom. The van der Waals surface area contributed by atoms with Gasteiger partial charge in [0.1, 0.15) is 6.10 Å². The van der Waals surface area contributed by atoms with E-state index in [-0.39, 0.29) is 5.91 Å². The van der Waals surface area contributed by atoms with Gasteiger partial charge in [-0.2, -0.15) is 0 Å². The number of benzene rings is 1. The number of carbonyl (C=O) groups excluding carboxylic acids is 1. The Morgan fingerprint density at radius 1 is 1.38 bits per heavy atom. The molecule has 1 rings (SSSR count). The zero-order valence-electron chi connectivity index (χ0n) is 8.85. The van der Waals surface area contributed by atoms with Gasteiger partial charge in [0.15, 0.2) is 0 Å². The summed E-state index contributed by atoms with van der Waals surface area (Å²) in [6.07, 6.45) is -1.77. The highest BCUT2D eigenvalue weighted by molar-refractivity contribution is 9.09. The first-order valence-electron chi connectivity index (χ1n) is 4.84. The van der Waals surface area contributed by atoms with Crippen LogP contribution in [0.25, 0.3) is 0 Å². The van der Waals surface area contributed by atoms with Gasteiger partial charge < -0.3 is 15.5 Å². The molecule has 2 unspecified atom stereocenters. The van der Waals surface area contributed by atoms with Gasteiger partial charge in [-0.3, -0.25) is 4.79 Å². The second-order valence-electron chi connectivity index (χ2n) is 3.47. The molecule has 0 heterocycles. The highest BCUT2D eigenvalue weighted by Crippen LogP contribution is 2.20. The Balaban J connectivity index is 2.74. The largest absolute Gasteiger partial charge is 0.389 e. The predicted octanol–water partition coefficient (Wildman–Crippen LogP) is 1.43. The molecule has 0 saturated carbocycles. The van der Waals surface area contributed by atoms with E-state index in [1.54, 1.807) is 24.3 Å². The molecule has 0 bridgehead atoms.